The van der Waals surface area contributed by atoms with E-state index in [0.29, 0.717) is 5.02 Å². The molecule has 0 aromatic heterocycles. The van der Waals surface area contributed by atoms with Crippen molar-refractivity contribution < 1.29 is 4.79 Å². The summed E-state index contributed by atoms with van der Waals surface area (Å²) in [5.74, 6) is 0.0150. The number of rotatable bonds is 3. The largest absolute Gasteiger partial charge is 0.376 e. The maximum atomic E-state index is 11.9. The second-order valence-corrected chi connectivity index (χ2v) is 5.11. The molecule has 1 aromatic rings. The van der Waals surface area contributed by atoms with E-state index in [1.165, 1.54) is 0 Å². The van der Waals surface area contributed by atoms with Crippen LogP contribution in [0.5, 0.6) is 0 Å². The number of benzene rings is 1. The van der Waals surface area contributed by atoms with Gasteiger partial charge in [0.2, 0.25) is 5.91 Å². The number of hydrogen-bond donors (Lipinski definition) is 2. The van der Waals surface area contributed by atoms with E-state index in [1.54, 1.807) is 6.07 Å². The standard InChI is InChI=1S/C13H18ClN3O/c1-17(2)12-6-5-9(8-10(12)14)16-13(18)11-4-3-7-15-11/h5-6,8,11,15H,3-4,7H2,1-2H3,(H,16,18). The topological polar surface area (TPSA) is 44.4 Å². The zero-order valence-corrected chi connectivity index (χ0v) is 11.4. The number of nitrogens with zero attached hydrogens (tertiary/aromatic N) is 1. The van der Waals surface area contributed by atoms with Crippen LogP contribution >= 0.6 is 11.6 Å². The molecule has 4 nitrogen and oxygen atoms in total. The third-order valence-corrected chi connectivity index (χ3v) is 3.38. The molecule has 1 atom stereocenters. The SMILES string of the molecule is CN(C)c1ccc(NC(=O)C2CCCN2)cc1Cl. The number of nitrogens with one attached hydrogen (secondary N) is 2. The fourth-order valence-corrected chi connectivity index (χ4v) is 2.43. The first-order chi connectivity index (χ1) is 8.58. The van der Waals surface area contributed by atoms with Gasteiger partial charge >= 0.3 is 0 Å². The molecule has 0 radical (unpaired) electrons. The molecule has 1 fully saturated rings. The van der Waals surface area contributed by atoms with Crippen LogP contribution in [-0.4, -0.2) is 32.6 Å². The highest BCUT2D eigenvalue weighted by atomic mass is 35.5. The first-order valence-electron chi connectivity index (χ1n) is 6.09. The Bertz CT molecular complexity index is 442. The van der Waals surface area contributed by atoms with Gasteiger partial charge in [-0.3, -0.25) is 4.79 Å². The third kappa shape index (κ3) is 2.94. The summed E-state index contributed by atoms with van der Waals surface area (Å²) >= 11 is 6.16. The van der Waals surface area contributed by atoms with Gasteiger partial charge in [0.05, 0.1) is 16.8 Å². The molecule has 1 saturated heterocycles. The molecule has 0 aliphatic carbocycles. The van der Waals surface area contributed by atoms with Gasteiger partial charge < -0.3 is 15.5 Å². The summed E-state index contributed by atoms with van der Waals surface area (Å²) in [6, 6.07) is 5.48. The molecule has 5 heteroatoms. The zero-order chi connectivity index (χ0) is 13.1. The highest BCUT2D eigenvalue weighted by molar-refractivity contribution is 6.33. The van der Waals surface area contributed by atoms with Crippen molar-refractivity contribution in [1.29, 1.82) is 0 Å². The Labute approximate surface area is 112 Å². The summed E-state index contributed by atoms with van der Waals surface area (Å²) < 4.78 is 0. The smallest absolute Gasteiger partial charge is 0.241 e. The Morgan fingerprint density at radius 3 is 2.83 bits per heavy atom. The average molecular weight is 268 g/mol. The minimum atomic E-state index is -0.0719. The predicted octanol–water partition coefficient (Wildman–Crippen LogP) is 2.10. The van der Waals surface area contributed by atoms with E-state index in [9.17, 15) is 4.79 Å². The molecule has 1 aliphatic rings. The molecule has 0 saturated carbocycles. The highest BCUT2D eigenvalue weighted by Crippen LogP contribution is 2.27. The molecule has 1 unspecified atom stereocenters. The Kier molecular flexibility index (Phi) is 4.09. The van der Waals surface area contributed by atoms with Crippen LogP contribution in [0.2, 0.25) is 5.02 Å². The molecule has 98 valence electrons. The third-order valence-electron chi connectivity index (χ3n) is 3.07. The van der Waals surface area contributed by atoms with Gasteiger partial charge in [0.1, 0.15) is 0 Å². The lowest BCUT2D eigenvalue weighted by Crippen LogP contribution is -2.35. The first-order valence-corrected chi connectivity index (χ1v) is 6.47. The molecule has 1 amide bonds. The monoisotopic (exact) mass is 267 g/mol. The van der Waals surface area contributed by atoms with Crippen molar-refractivity contribution in [2.75, 3.05) is 30.9 Å². The lowest BCUT2D eigenvalue weighted by atomic mass is 10.2. The minimum absolute atomic E-state index is 0.0150. The molecular formula is C13H18ClN3O. The van der Waals surface area contributed by atoms with E-state index in [2.05, 4.69) is 10.6 Å². The van der Waals surface area contributed by atoms with E-state index >= 15 is 0 Å². The van der Waals surface area contributed by atoms with Crippen molar-refractivity contribution in [2.24, 2.45) is 0 Å². The van der Waals surface area contributed by atoms with Crippen LogP contribution in [0.3, 0.4) is 0 Å². The summed E-state index contributed by atoms with van der Waals surface area (Å²) in [5.41, 5.74) is 1.68. The van der Waals surface area contributed by atoms with Gasteiger partial charge in [-0.05, 0) is 37.6 Å². The Morgan fingerprint density at radius 2 is 2.28 bits per heavy atom. The number of carbonyl (C=O) groups excluding carboxylic acids is 1. The van der Waals surface area contributed by atoms with Gasteiger partial charge in [-0.25, -0.2) is 0 Å². The van der Waals surface area contributed by atoms with E-state index < -0.39 is 0 Å². The number of amides is 1. The molecule has 2 rings (SSSR count). The van der Waals surface area contributed by atoms with E-state index in [-0.39, 0.29) is 11.9 Å². The second kappa shape index (κ2) is 5.59. The molecule has 1 heterocycles. The van der Waals surface area contributed by atoms with Crippen molar-refractivity contribution in [3.8, 4) is 0 Å². The number of halogens is 1. The Morgan fingerprint density at radius 1 is 1.50 bits per heavy atom. The van der Waals surface area contributed by atoms with Crippen LogP contribution in [0.1, 0.15) is 12.8 Å². The Balaban J connectivity index is 2.05. The number of anilines is 2. The molecule has 2 N–H and O–H groups in total. The van der Waals surface area contributed by atoms with Gasteiger partial charge in [0.25, 0.3) is 0 Å². The molecule has 0 bridgehead atoms. The highest BCUT2D eigenvalue weighted by Gasteiger charge is 2.21. The molecule has 1 aliphatic heterocycles. The van der Waals surface area contributed by atoms with Crippen LogP contribution in [-0.2, 0) is 4.79 Å². The van der Waals surface area contributed by atoms with Crippen LogP contribution in [0, 0.1) is 0 Å². The zero-order valence-electron chi connectivity index (χ0n) is 10.7. The molecular weight excluding hydrogens is 250 g/mol. The quantitative estimate of drug-likeness (QED) is 0.882. The van der Waals surface area contributed by atoms with Gasteiger partial charge in [0.15, 0.2) is 0 Å². The number of hydrogen-bond acceptors (Lipinski definition) is 3. The van der Waals surface area contributed by atoms with Gasteiger partial charge in [0, 0.05) is 19.8 Å². The number of carbonyl (C=O) groups is 1. The lowest BCUT2D eigenvalue weighted by Gasteiger charge is -2.16. The summed E-state index contributed by atoms with van der Waals surface area (Å²) in [6.45, 7) is 0.915. The summed E-state index contributed by atoms with van der Waals surface area (Å²) in [5, 5.41) is 6.69. The van der Waals surface area contributed by atoms with Crippen molar-refractivity contribution in [2.45, 2.75) is 18.9 Å². The van der Waals surface area contributed by atoms with Gasteiger partial charge in [-0.1, -0.05) is 11.6 Å². The summed E-state index contributed by atoms with van der Waals surface area (Å²) in [6.07, 6.45) is 1.95. The van der Waals surface area contributed by atoms with Crippen LogP contribution < -0.4 is 15.5 Å². The van der Waals surface area contributed by atoms with Crippen LogP contribution in [0.15, 0.2) is 18.2 Å². The maximum absolute atomic E-state index is 11.9. The first kappa shape index (κ1) is 13.2. The fourth-order valence-electron chi connectivity index (χ4n) is 2.09. The molecule has 0 spiro atoms. The predicted molar refractivity (Wildman–Crippen MR) is 75.4 cm³/mol. The van der Waals surface area contributed by atoms with Crippen LogP contribution in [0.4, 0.5) is 11.4 Å². The van der Waals surface area contributed by atoms with Gasteiger partial charge in [-0.2, -0.15) is 0 Å². The van der Waals surface area contributed by atoms with Crippen molar-refractivity contribution >= 4 is 28.9 Å². The normalized spacial score (nSPS) is 18.7. The van der Waals surface area contributed by atoms with E-state index in [0.717, 1.165) is 30.8 Å². The van der Waals surface area contributed by atoms with Crippen molar-refractivity contribution in [1.82, 2.24) is 5.32 Å². The minimum Gasteiger partial charge on any atom is -0.376 e. The second-order valence-electron chi connectivity index (χ2n) is 4.70. The summed E-state index contributed by atoms with van der Waals surface area (Å²) in [7, 11) is 3.86. The maximum Gasteiger partial charge on any atom is 0.241 e. The van der Waals surface area contributed by atoms with E-state index in [1.807, 2.05) is 31.1 Å². The van der Waals surface area contributed by atoms with Crippen LogP contribution in [0.25, 0.3) is 0 Å². The average Bonchev–Trinajstić information content (AvgIpc) is 2.81. The molecule has 18 heavy (non-hydrogen) atoms. The Hall–Kier alpha value is -1.26. The van der Waals surface area contributed by atoms with Crippen molar-refractivity contribution in [3.05, 3.63) is 23.2 Å². The fraction of sp³-hybridized carbons (Fsp3) is 0.462. The summed E-state index contributed by atoms with van der Waals surface area (Å²) in [4.78, 5) is 13.9. The van der Waals surface area contributed by atoms with Gasteiger partial charge in [-0.15, -0.1) is 0 Å². The lowest BCUT2D eigenvalue weighted by molar-refractivity contribution is -0.117. The van der Waals surface area contributed by atoms with Crippen molar-refractivity contribution in [3.63, 3.8) is 0 Å². The van der Waals surface area contributed by atoms with E-state index in [4.69, 9.17) is 11.6 Å². The molecule has 1 aromatic carbocycles.